The van der Waals surface area contributed by atoms with E-state index in [2.05, 4.69) is 19.9 Å². The van der Waals surface area contributed by atoms with Gasteiger partial charge in [-0.05, 0) is 29.4 Å². The lowest BCUT2D eigenvalue weighted by Gasteiger charge is -2.05. The first-order chi connectivity index (χ1) is 7.58. The van der Waals surface area contributed by atoms with Crippen molar-refractivity contribution in [2.45, 2.75) is 20.3 Å². The van der Waals surface area contributed by atoms with E-state index in [4.69, 9.17) is 10.0 Å². The van der Waals surface area contributed by atoms with Gasteiger partial charge in [-0.1, -0.05) is 32.0 Å². The highest BCUT2D eigenvalue weighted by atomic mass is 32.1. The minimum absolute atomic E-state index is 0.607. The zero-order chi connectivity index (χ0) is 11.7. The highest BCUT2D eigenvalue weighted by Crippen LogP contribution is 2.25. The van der Waals surface area contributed by atoms with Gasteiger partial charge < -0.3 is 10.0 Å². The molecule has 1 aromatic heterocycles. The van der Waals surface area contributed by atoms with Gasteiger partial charge in [-0.3, -0.25) is 0 Å². The van der Waals surface area contributed by atoms with E-state index >= 15 is 0 Å². The van der Waals surface area contributed by atoms with Crippen molar-refractivity contribution in [3.8, 4) is 0 Å². The Labute approximate surface area is 99.7 Å². The molecule has 0 radical (unpaired) electrons. The first-order valence-corrected chi connectivity index (χ1v) is 6.27. The van der Waals surface area contributed by atoms with E-state index in [1.165, 1.54) is 21.6 Å². The topological polar surface area (TPSA) is 40.5 Å². The minimum Gasteiger partial charge on any atom is -0.423 e. The van der Waals surface area contributed by atoms with Gasteiger partial charge in [0.05, 0.1) is 0 Å². The molecule has 0 bridgehead atoms. The molecule has 0 saturated carbocycles. The maximum absolute atomic E-state index is 9.16. The van der Waals surface area contributed by atoms with Gasteiger partial charge in [0.15, 0.2) is 0 Å². The molecule has 16 heavy (non-hydrogen) atoms. The Morgan fingerprint density at radius 1 is 1.31 bits per heavy atom. The summed E-state index contributed by atoms with van der Waals surface area (Å²) in [5.74, 6) is 0.607. The summed E-state index contributed by atoms with van der Waals surface area (Å²) in [7, 11) is -1.36. The normalized spacial score (nSPS) is 11.3. The summed E-state index contributed by atoms with van der Waals surface area (Å²) in [6.07, 6.45) is 1.03. The zero-order valence-corrected chi connectivity index (χ0v) is 10.3. The summed E-state index contributed by atoms with van der Waals surface area (Å²) in [5, 5.41) is 19.4. The van der Waals surface area contributed by atoms with Crippen molar-refractivity contribution in [1.29, 1.82) is 0 Å². The Balaban J connectivity index is 2.50. The van der Waals surface area contributed by atoms with Crippen LogP contribution in [0.2, 0.25) is 0 Å². The first kappa shape index (κ1) is 11.6. The van der Waals surface area contributed by atoms with Gasteiger partial charge in [0.2, 0.25) is 0 Å². The fourth-order valence-electron chi connectivity index (χ4n) is 1.87. The summed E-state index contributed by atoms with van der Waals surface area (Å²) in [6.45, 7) is 4.38. The minimum atomic E-state index is -1.36. The first-order valence-electron chi connectivity index (χ1n) is 5.45. The molecule has 1 heterocycles. The molecule has 2 rings (SSSR count). The van der Waals surface area contributed by atoms with E-state index in [9.17, 15) is 0 Å². The number of fused-ring (bicyclic) bond motifs is 1. The van der Waals surface area contributed by atoms with Gasteiger partial charge in [0, 0.05) is 9.48 Å². The van der Waals surface area contributed by atoms with Crippen molar-refractivity contribution in [2.75, 3.05) is 0 Å². The quantitative estimate of drug-likeness (QED) is 0.794. The number of rotatable bonds is 3. The summed E-state index contributed by atoms with van der Waals surface area (Å²) >= 11 is 1.47. The van der Waals surface area contributed by atoms with Crippen LogP contribution in [-0.4, -0.2) is 17.2 Å². The zero-order valence-electron chi connectivity index (χ0n) is 9.47. The Kier molecular flexibility index (Phi) is 3.33. The van der Waals surface area contributed by atoms with E-state index in [1.807, 2.05) is 18.2 Å². The summed E-state index contributed by atoms with van der Waals surface area (Å²) < 4.78 is 1.80. The SMILES string of the molecule is CC(C)Cc1cccc2cc(B(O)O)sc12. The van der Waals surface area contributed by atoms with Crippen LogP contribution in [0.3, 0.4) is 0 Å². The number of hydrogen-bond acceptors (Lipinski definition) is 3. The highest BCUT2D eigenvalue weighted by molar-refractivity contribution is 7.28. The smallest absolute Gasteiger partial charge is 0.423 e. The predicted molar refractivity (Wildman–Crippen MR) is 70.2 cm³/mol. The fraction of sp³-hybridized carbons (Fsp3) is 0.333. The Morgan fingerprint density at radius 2 is 2.06 bits per heavy atom. The van der Waals surface area contributed by atoms with Crippen LogP contribution in [-0.2, 0) is 6.42 Å². The van der Waals surface area contributed by atoms with Crippen molar-refractivity contribution in [2.24, 2.45) is 5.92 Å². The fourth-order valence-corrected chi connectivity index (χ4v) is 2.93. The highest BCUT2D eigenvalue weighted by Gasteiger charge is 2.16. The second kappa shape index (κ2) is 4.57. The van der Waals surface area contributed by atoms with Crippen LogP contribution in [0.4, 0.5) is 0 Å². The van der Waals surface area contributed by atoms with Crippen LogP contribution >= 0.6 is 11.3 Å². The third-order valence-electron chi connectivity index (χ3n) is 2.53. The van der Waals surface area contributed by atoms with Crippen LogP contribution in [0.15, 0.2) is 24.3 Å². The standard InChI is InChI=1S/C12H15BO2S/c1-8(2)6-9-4-3-5-10-7-11(13(14)15)16-12(9)10/h3-5,7-8,14-15H,6H2,1-2H3. The van der Waals surface area contributed by atoms with Crippen LogP contribution < -0.4 is 4.78 Å². The lowest BCUT2D eigenvalue weighted by atomic mass is 9.89. The molecule has 84 valence electrons. The van der Waals surface area contributed by atoms with Gasteiger partial charge in [-0.25, -0.2) is 0 Å². The molecule has 0 unspecified atom stereocenters. The maximum atomic E-state index is 9.16. The average Bonchev–Trinajstić information content (AvgIpc) is 2.61. The largest absolute Gasteiger partial charge is 0.499 e. The third kappa shape index (κ3) is 2.29. The van der Waals surface area contributed by atoms with E-state index in [0.717, 1.165) is 11.8 Å². The molecule has 4 heteroatoms. The van der Waals surface area contributed by atoms with Gasteiger partial charge in [-0.2, -0.15) is 0 Å². The lowest BCUT2D eigenvalue weighted by Crippen LogP contribution is -2.26. The summed E-state index contributed by atoms with van der Waals surface area (Å²) in [4.78, 5) is 0. The predicted octanol–water partition coefficient (Wildman–Crippen LogP) is 1.78. The van der Waals surface area contributed by atoms with Gasteiger partial charge in [-0.15, -0.1) is 11.3 Å². The molecule has 0 atom stereocenters. The van der Waals surface area contributed by atoms with Crippen molar-refractivity contribution in [3.63, 3.8) is 0 Å². The van der Waals surface area contributed by atoms with Crippen molar-refractivity contribution in [1.82, 2.24) is 0 Å². The lowest BCUT2D eigenvalue weighted by molar-refractivity contribution is 0.427. The molecule has 0 aliphatic heterocycles. The third-order valence-corrected chi connectivity index (χ3v) is 3.79. The molecule has 1 aromatic carbocycles. The molecule has 0 spiro atoms. The average molecular weight is 234 g/mol. The van der Waals surface area contributed by atoms with Crippen LogP contribution in [0.5, 0.6) is 0 Å². The number of hydrogen-bond donors (Lipinski definition) is 2. The van der Waals surface area contributed by atoms with Gasteiger partial charge in [0.1, 0.15) is 0 Å². The molecule has 0 amide bonds. The molecular formula is C12H15BO2S. The molecule has 0 aliphatic carbocycles. The molecule has 2 N–H and O–H groups in total. The van der Waals surface area contributed by atoms with Crippen molar-refractivity contribution in [3.05, 3.63) is 29.8 Å². The second-order valence-corrected chi connectivity index (χ2v) is 5.54. The Morgan fingerprint density at radius 3 is 2.69 bits per heavy atom. The monoisotopic (exact) mass is 234 g/mol. The Hall–Kier alpha value is -0.835. The van der Waals surface area contributed by atoms with E-state index < -0.39 is 7.12 Å². The van der Waals surface area contributed by atoms with Crippen molar-refractivity contribution < 1.29 is 10.0 Å². The molecule has 0 fully saturated rings. The van der Waals surface area contributed by atoms with Crippen molar-refractivity contribution >= 4 is 33.3 Å². The van der Waals surface area contributed by atoms with Crippen LogP contribution in [0.1, 0.15) is 19.4 Å². The molecular weight excluding hydrogens is 219 g/mol. The van der Waals surface area contributed by atoms with E-state index in [-0.39, 0.29) is 0 Å². The van der Waals surface area contributed by atoms with Crippen LogP contribution in [0, 0.1) is 5.92 Å². The Bertz CT molecular complexity index is 491. The molecule has 2 nitrogen and oxygen atoms in total. The molecule has 0 saturated heterocycles. The summed E-state index contributed by atoms with van der Waals surface area (Å²) in [5.41, 5.74) is 1.30. The van der Waals surface area contributed by atoms with Gasteiger partial charge in [0.25, 0.3) is 0 Å². The maximum Gasteiger partial charge on any atom is 0.499 e. The second-order valence-electron chi connectivity index (χ2n) is 4.46. The number of benzene rings is 1. The van der Waals surface area contributed by atoms with E-state index in [1.54, 1.807) is 0 Å². The number of thiophene rings is 1. The molecule has 0 aliphatic rings. The van der Waals surface area contributed by atoms with E-state index in [0.29, 0.717) is 10.7 Å². The van der Waals surface area contributed by atoms with Gasteiger partial charge >= 0.3 is 7.12 Å². The molecule has 2 aromatic rings. The van der Waals surface area contributed by atoms with Crippen LogP contribution in [0.25, 0.3) is 10.1 Å². The summed E-state index contributed by atoms with van der Waals surface area (Å²) in [6, 6.07) is 8.02.